The van der Waals surface area contributed by atoms with Crippen LogP contribution in [0.3, 0.4) is 0 Å². The number of hydrogen-bond acceptors (Lipinski definition) is 8. The van der Waals surface area contributed by atoms with E-state index >= 15 is 0 Å². The highest BCUT2D eigenvalue weighted by Crippen LogP contribution is 2.38. The molecule has 0 bridgehead atoms. The van der Waals surface area contributed by atoms with Crippen LogP contribution in [0.2, 0.25) is 0 Å². The zero-order valence-electron chi connectivity index (χ0n) is 22.4. The number of esters is 1. The van der Waals surface area contributed by atoms with E-state index in [-0.39, 0.29) is 12.3 Å². The molecule has 3 amide bonds. The van der Waals surface area contributed by atoms with Crippen LogP contribution in [-0.2, 0) is 35.1 Å². The smallest absolute Gasteiger partial charge is 0.404 e. The second-order valence-corrected chi connectivity index (χ2v) is 10.3. The molecule has 2 aliphatic heterocycles. The van der Waals surface area contributed by atoms with Crippen LogP contribution in [0.15, 0.2) is 18.2 Å². The van der Waals surface area contributed by atoms with E-state index in [2.05, 4.69) is 26.0 Å². The second-order valence-electron chi connectivity index (χ2n) is 10.3. The molecule has 220 valence electrons. The van der Waals surface area contributed by atoms with Gasteiger partial charge in [-0.3, -0.25) is 24.0 Å². The molecule has 0 aromatic heterocycles. The summed E-state index contributed by atoms with van der Waals surface area (Å²) in [4.78, 5) is 62.5. The standard InChI is InChI=1S/C26H33F3N4O7/c1-25(2,26(27,28)29)24(38)40-13-19(34)17(10-14-6-5-9-30-22(14)36)33-21(35)12-31-23(37)18-11-15-16(32-18)7-4-8-20(15)39-3/h4,7-8,14,17-18,32H,5-6,9-13H2,1-3H3,(H,30,36)(H,31,37)(H,33,35)/t14-,17?,18?/m0/s1. The summed E-state index contributed by atoms with van der Waals surface area (Å²) in [6.45, 7) is 0.174. The fourth-order valence-electron chi connectivity index (χ4n) is 4.39. The minimum Gasteiger partial charge on any atom is -0.496 e. The highest BCUT2D eigenvalue weighted by Gasteiger charge is 2.54. The lowest BCUT2D eigenvalue weighted by Gasteiger charge is -2.27. The van der Waals surface area contributed by atoms with Crippen molar-refractivity contribution in [1.29, 1.82) is 0 Å². The lowest BCUT2D eigenvalue weighted by Crippen LogP contribution is -2.51. The monoisotopic (exact) mass is 570 g/mol. The van der Waals surface area contributed by atoms with Crippen LogP contribution in [0.5, 0.6) is 5.75 Å². The Balaban J connectivity index is 1.59. The molecule has 2 heterocycles. The van der Waals surface area contributed by atoms with Gasteiger partial charge in [0, 0.05) is 30.1 Å². The Kier molecular flexibility index (Phi) is 9.64. The number of benzene rings is 1. The first-order chi connectivity index (χ1) is 18.7. The predicted molar refractivity (Wildman–Crippen MR) is 135 cm³/mol. The molecular weight excluding hydrogens is 537 g/mol. The molecule has 11 nitrogen and oxygen atoms in total. The molecule has 3 atom stereocenters. The van der Waals surface area contributed by atoms with Crippen molar-refractivity contribution in [3.8, 4) is 5.75 Å². The molecule has 0 aliphatic carbocycles. The normalized spacial score (nSPS) is 19.4. The maximum Gasteiger partial charge on any atom is 0.404 e. The predicted octanol–water partition coefficient (Wildman–Crippen LogP) is 1.25. The van der Waals surface area contributed by atoms with Gasteiger partial charge in [0.1, 0.15) is 11.8 Å². The van der Waals surface area contributed by atoms with E-state index in [1.807, 2.05) is 0 Å². The molecule has 1 fully saturated rings. The van der Waals surface area contributed by atoms with Crippen LogP contribution in [0.25, 0.3) is 0 Å². The Morgan fingerprint density at radius 3 is 2.55 bits per heavy atom. The first-order valence-corrected chi connectivity index (χ1v) is 12.8. The summed E-state index contributed by atoms with van der Waals surface area (Å²) >= 11 is 0. The van der Waals surface area contributed by atoms with Crippen molar-refractivity contribution in [3.05, 3.63) is 23.8 Å². The van der Waals surface area contributed by atoms with Gasteiger partial charge in [-0.25, -0.2) is 0 Å². The third-order valence-corrected chi connectivity index (χ3v) is 7.04. The Morgan fingerprint density at radius 2 is 1.90 bits per heavy atom. The lowest BCUT2D eigenvalue weighted by atomic mass is 9.90. The zero-order valence-corrected chi connectivity index (χ0v) is 22.4. The van der Waals surface area contributed by atoms with Crippen LogP contribution in [0.4, 0.5) is 18.9 Å². The van der Waals surface area contributed by atoms with Crippen molar-refractivity contribution < 1.29 is 46.6 Å². The van der Waals surface area contributed by atoms with Crippen molar-refractivity contribution in [3.63, 3.8) is 0 Å². The number of ketones is 1. The minimum absolute atomic E-state index is 0.149. The van der Waals surface area contributed by atoms with E-state index < -0.39 is 66.3 Å². The largest absolute Gasteiger partial charge is 0.496 e. The average molecular weight is 571 g/mol. The minimum atomic E-state index is -4.90. The van der Waals surface area contributed by atoms with Gasteiger partial charge in [-0.2, -0.15) is 13.2 Å². The molecule has 2 unspecified atom stereocenters. The van der Waals surface area contributed by atoms with E-state index in [1.54, 1.807) is 18.2 Å². The molecule has 1 aromatic carbocycles. The lowest BCUT2D eigenvalue weighted by molar-refractivity contribution is -0.224. The summed E-state index contributed by atoms with van der Waals surface area (Å²) < 4.78 is 49.4. The molecule has 0 saturated carbocycles. The van der Waals surface area contributed by atoms with Crippen molar-refractivity contribution in [2.45, 2.75) is 57.8 Å². The number of amides is 3. The Hall–Kier alpha value is -3.84. The molecule has 3 rings (SSSR count). The van der Waals surface area contributed by atoms with E-state index in [0.29, 0.717) is 45.4 Å². The van der Waals surface area contributed by atoms with Crippen LogP contribution < -0.4 is 26.0 Å². The fourth-order valence-corrected chi connectivity index (χ4v) is 4.39. The molecule has 0 radical (unpaired) electrons. The molecular formula is C26H33F3N4O7. The van der Waals surface area contributed by atoms with Crippen molar-refractivity contribution >= 4 is 35.2 Å². The summed E-state index contributed by atoms with van der Waals surface area (Å²) in [6.07, 6.45) is -3.66. The van der Waals surface area contributed by atoms with Crippen LogP contribution in [-0.4, -0.2) is 74.5 Å². The van der Waals surface area contributed by atoms with Gasteiger partial charge < -0.3 is 30.7 Å². The number of fused-ring (bicyclic) bond motifs is 1. The van der Waals surface area contributed by atoms with Crippen LogP contribution in [0.1, 0.15) is 38.7 Å². The van der Waals surface area contributed by atoms with Gasteiger partial charge in [0.2, 0.25) is 17.7 Å². The number of carbonyl (C=O) groups excluding carboxylic acids is 5. The van der Waals surface area contributed by atoms with Crippen LogP contribution in [0, 0.1) is 11.3 Å². The Labute approximate surface area is 228 Å². The van der Waals surface area contributed by atoms with Gasteiger partial charge in [0.05, 0.1) is 19.7 Å². The number of hydrogen-bond donors (Lipinski definition) is 4. The zero-order chi connectivity index (χ0) is 29.7. The van der Waals surface area contributed by atoms with Crippen molar-refractivity contribution in [1.82, 2.24) is 16.0 Å². The quantitative estimate of drug-likeness (QED) is 0.290. The highest BCUT2D eigenvalue weighted by molar-refractivity contribution is 5.94. The maximum atomic E-state index is 13.1. The Morgan fingerprint density at radius 1 is 1.18 bits per heavy atom. The number of alkyl halides is 3. The number of piperidine rings is 1. The number of anilines is 1. The average Bonchev–Trinajstić information content (AvgIpc) is 3.35. The molecule has 2 aliphatic rings. The second kappa shape index (κ2) is 12.6. The van der Waals surface area contributed by atoms with Gasteiger partial charge in [-0.1, -0.05) is 6.07 Å². The fraction of sp³-hybridized carbons (Fsp3) is 0.577. The van der Waals surface area contributed by atoms with Gasteiger partial charge >= 0.3 is 12.1 Å². The summed E-state index contributed by atoms with van der Waals surface area (Å²) in [5.41, 5.74) is -1.31. The first kappa shape index (κ1) is 30.7. The van der Waals surface area contributed by atoms with E-state index in [0.717, 1.165) is 11.3 Å². The number of rotatable bonds is 11. The topological polar surface area (TPSA) is 152 Å². The molecule has 4 N–H and O–H groups in total. The molecule has 1 aromatic rings. The van der Waals surface area contributed by atoms with Gasteiger partial charge in [-0.05, 0) is 45.2 Å². The number of ether oxygens (including phenoxy) is 2. The number of nitrogens with one attached hydrogen (secondary N) is 4. The molecule has 14 heteroatoms. The highest BCUT2D eigenvalue weighted by atomic mass is 19.4. The van der Waals surface area contributed by atoms with Gasteiger partial charge in [-0.15, -0.1) is 0 Å². The SMILES string of the molecule is COc1cccc2c1CC(C(=O)NCC(=O)NC(C[C@@H]1CCCNC1=O)C(=O)COC(=O)C(C)(C)C(F)(F)F)N2. The number of methoxy groups -OCH3 is 1. The summed E-state index contributed by atoms with van der Waals surface area (Å²) in [5, 5.41) is 10.6. The number of carbonyl (C=O) groups is 5. The van der Waals surface area contributed by atoms with Crippen molar-refractivity contribution in [2.75, 3.05) is 32.1 Å². The Bertz CT molecular complexity index is 1160. The third-order valence-electron chi connectivity index (χ3n) is 7.04. The van der Waals surface area contributed by atoms with Gasteiger partial charge in [0.15, 0.2) is 17.8 Å². The first-order valence-electron chi connectivity index (χ1n) is 12.8. The number of Topliss-reactive ketones (excluding diaryl/α,β-unsaturated/α-hetero) is 1. The number of halogens is 3. The van der Waals surface area contributed by atoms with Gasteiger partial charge in [0.25, 0.3) is 0 Å². The van der Waals surface area contributed by atoms with Crippen molar-refractivity contribution in [2.24, 2.45) is 11.3 Å². The molecule has 1 saturated heterocycles. The third kappa shape index (κ3) is 7.21. The molecule has 0 spiro atoms. The summed E-state index contributed by atoms with van der Waals surface area (Å²) in [6, 6.07) is 3.32. The van der Waals surface area contributed by atoms with E-state index in [4.69, 9.17) is 4.74 Å². The van der Waals surface area contributed by atoms with E-state index in [1.165, 1.54) is 7.11 Å². The maximum absolute atomic E-state index is 13.1. The van der Waals surface area contributed by atoms with Crippen LogP contribution >= 0.6 is 0 Å². The summed E-state index contributed by atoms with van der Waals surface area (Å²) in [7, 11) is 1.51. The summed E-state index contributed by atoms with van der Waals surface area (Å²) in [5.74, 6) is -4.14. The van der Waals surface area contributed by atoms with E-state index in [9.17, 15) is 37.1 Å². The molecule has 40 heavy (non-hydrogen) atoms.